The number of hydrogen-bond acceptors (Lipinski definition) is 2. The molecule has 78 valence electrons. The van der Waals surface area contributed by atoms with Crippen LogP contribution in [0.15, 0.2) is 28.7 Å². The van der Waals surface area contributed by atoms with Gasteiger partial charge in [-0.15, -0.1) is 0 Å². The minimum atomic E-state index is -0.606. The first kappa shape index (κ1) is 11.7. The van der Waals surface area contributed by atoms with Gasteiger partial charge < -0.3 is 10.8 Å². The smallest absolute Gasteiger partial charge is 0.0954 e. The number of hydrogen-bond donors (Lipinski definition) is 2. The summed E-state index contributed by atoms with van der Waals surface area (Å²) >= 11 is 3.40. The molecule has 0 aliphatic rings. The molecule has 3 N–H and O–H groups in total. The average molecular weight is 258 g/mol. The van der Waals surface area contributed by atoms with Crippen molar-refractivity contribution in [2.45, 2.75) is 26.0 Å². The Morgan fingerprint density at radius 1 is 1.29 bits per heavy atom. The fourth-order valence-corrected chi connectivity index (χ4v) is 1.81. The van der Waals surface area contributed by atoms with Gasteiger partial charge in [0.05, 0.1) is 6.10 Å². The summed E-state index contributed by atoms with van der Waals surface area (Å²) in [7, 11) is 0. The lowest BCUT2D eigenvalue weighted by Crippen LogP contribution is -2.33. The summed E-state index contributed by atoms with van der Waals surface area (Å²) < 4.78 is 0.906. The lowest BCUT2D eigenvalue weighted by Gasteiger charge is -2.23. The second kappa shape index (κ2) is 4.91. The first-order chi connectivity index (χ1) is 6.54. The molecule has 1 rings (SSSR count). The van der Waals surface area contributed by atoms with Crippen LogP contribution in [0.2, 0.25) is 0 Å². The number of aliphatic hydroxyl groups is 1. The Bertz CT molecular complexity index is 301. The van der Waals surface area contributed by atoms with Gasteiger partial charge in [0.2, 0.25) is 0 Å². The molecule has 0 radical (unpaired) electrons. The fraction of sp³-hybridized carbons (Fsp3) is 0.455. The summed E-state index contributed by atoms with van der Waals surface area (Å²) in [6.45, 7) is 4.01. The van der Waals surface area contributed by atoms with Gasteiger partial charge in [0.1, 0.15) is 0 Å². The van der Waals surface area contributed by atoms with Gasteiger partial charge >= 0.3 is 0 Å². The molecule has 0 saturated heterocycles. The number of halogens is 1. The Morgan fingerprint density at radius 3 is 2.36 bits per heavy atom. The molecule has 0 amide bonds. The maximum Gasteiger partial charge on any atom is 0.0954 e. The lowest BCUT2D eigenvalue weighted by molar-refractivity contribution is 0.125. The van der Waals surface area contributed by atoms with Crippen LogP contribution in [-0.4, -0.2) is 11.1 Å². The van der Waals surface area contributed by atoms with Crippen molar-refractivity contribution in [1.29, 1.82) is 0 Å². The molecule has 0 heterocycles. The van der Waals surface area contributed by atoms with Gasteiger partial charge in [-0.25, -0.2) is 0 Å². The van der Waals surface area contributed by atoms with Gasteiger partial charge in [-0.1, -0.05) is 48.0 Å². The maximum absolute atomic E-state index is 9.99. The van der Waals surface area contributed by atoms with E-state index in [0.717, 1.165) is 10.0 Å². The second-order valence-corrected chi connectivity index (χ2v) is 4.64. The molecule has 0 aromatic heterocycles. The zero-order valence-corrected chi connectivity index (χ0v) is 10.0. The topological polar surface area (TPSA) is 46.2 Å². The van der Waals surface area contributed by atoms with E-state index in [1.165, 1.54) is 0 Å². The minimum Gasteiger partial charge on any atom is -0.387 e. The standard InChI is InChI=1S/C11H16BrNO/c1-7(2)10(13)11(14)8-5-3-4-6-9(8)12/h3-7,10-11,14H,13H2,1-2H3/t10-,11+/m1/s1. The van der Waals surface area contributed by atoms with Crippen molar-refractivity contribution in [3.63, 3.8) is 0 Å². The summed E-state index contributed by atoms with van der Waals surface area (Å²) in [6, 6.07) is 7.38. The molecule has 3 heteroatoms. The predicted octanol–water partition coefficient (Wildman–Crippen LogP) is 2.47. The maximum atomic E-state index is 9.99. The molecule has 1 aromatic carbocycles. The van der Waals surface area contributed by atoms with Crippen molar-refractivity contribution in [2.24, 2.45) is 11.7 Å². The van der Waals surface area contributed by atoms with E-state index in [-0.39, 0.29) is 12.0 Å². The van der Waals surface area contributed by atoms with Crippen LogP contribution in [0, 0.1) is 5.92 Å². The van der Waals surface area contributed by atoms with Gasteiger partial charge in [-0.3, -0.25) is 0 Å². The molecule has 0 bridgehead atoms. The molecule has 2 atom stereocenters. The zero-order valence-electron chi connectivity index (χ0n) is 8.44. The van der Waals surface area contributed by atoms with Crippen LogP contribution >= 0.6 is 15.9 Å². The van der Waals surface area contributed by atoms with Crippen molar-refractivity contribution >= 4 is 15.9 Å². The van der Waals surface area contributed by atoms with E-state index in [0.29, 0.717) is 0 Å². The Hall–Kier alpha value is -0.380. The number of benzene rings is 1. The summed E-state index contributed by atoms with van der Waals surface area (Å²) in [6.07, 6.45) is -0.606. The summed E-state index contributed by atoms with van der Waals surface area (Å²) in [5, 5.41) is 9.99. The highest BCUT2D eigenvalue weighted by molar-refractivity contribution is 9.10. The highest BCUT2D eigenvalue weighted by Crippen LogP contribution is 2.26. The van der Waals surface area contributed by atoms with Crippen LogP contribution < -0.4 is 5.73 Å². The van der Waals surface area contributed by atoms with Crippen molar-refractivity contribution < 1.29 is 5.11 Å². The van der Waals surface area contributed by atoms with Crippen molar-refractivity contribution in [2.75, 3.05) is 0 Å². The average Bonchev–Trinajstić information content (AvgIpc) is 2.16. The Balaban J connectivity index is 2.89. The Kier molecular flexibility index (Phi) is 4.11. The summed E-state index contributed by atoms with van der Waals surface area (Å²) in [5.74, 6) is 0.261. The molecular weight excluding hydrogens is 242 g/mol. The number of nitrogens with two attached hydrogens (primary N) is 1. The Morgan fingerprint density at radius 2 is 1.86 bits per heavy atom. The van der Waals surface area contributed by atoms with Crippen LogP contribution in [0.5, 0.6) is 0 Å². The van der Waals surface area contributed by atoms with E-state index in [2.05, 4.69) is 15.9 Å². The predicted molar refractivity (Wildman–Crippen MR) is 61.9 cm³/mol. The van der Waals surface area contributed by atoms with Crippen LogP contribution in [0.3, 0.4) is 0 Å². The third-order valence-electron chi connectivity index (χ3n) is 2.36. The quantitative estimate of drug-likeness (QED) is 0.874. The SMILES string of the molecule is CC(C)[C@@H](N)[C@@H](O)c1ccccc1Br. The van der Waals surface area contributed by atoms with Gasteiger partial charge in [0, 0.05) is 10.5 Å². The van der Waals surface area contributed by atoms with E-state index < -0.39 is 6.10 Å². The fourth-order valence-electron chi connectivity index (χ4n) is 1.29. The van der Waals surface area contributed by atoms with E-state index in [1.54, 1.807) is 0 Å². The largest absolute Gasteiger partial charge is 0.387 e. The first-order valence-electron chi connectivity index (χ1n) is 4.72. The van der Waals surface area contributed by atoms with E-state index in [1.807, 2.05) is 38.1 Å². The second-order valence-electron chi connectivity index (χ2n) is 3.79. The molecule has 2 nitrogen and oxygen atoms in total. The normalized spacial score (nSPS) is 15.6. The lowest BCUT2D eigenvalue weighted by atomic mass is 9.94. The molecule has 0 saturated carbocycles. The third kappa shape index (κ3) is 2.56. The van der Waals surface area contributed by atoms with Crippen LogP contribution in [0.1, 0.15) is 25.5 Å². The molecule has 0 unspecified atom stereocenters. The van der Waals surface area contributed by atoms with Crippen LogP contribution in [0.25, 0.3) is 0 Å². The molecule has 14 heavy (non-hydrogen) atoms. The first-order valence-corrected chi connectivity index (χ1v) is 5.51. The molecular formula is C11H16BrNO. The number of rotatable bonds is 3. The van der Waals surface area contributed by atoms with Crippen molar-refractivity contribution in [3.05, 3.63) is 34.3 Å². The van der Waals surface area contributed by atoms with Gasteiger partial charge in [-0.2, -0.15) is 0 Å². The van der Waals surface area contributed by atoms with E-state index >= 15 is 0 Å². The molecule has 0 spiro atoms. The monoisotopic (exact) mass is 257 g/mol. The van der Waals surface area contributed by atoms with Crippen molar-refractivity contribution in [3.8, 4) is 0 Å². The van der Waals surface area contributed by atoms with E-state index in [4.69, 9.17) is 5.73 Å². The highest BCUT2D eigenvalue weighted by Gasteiger charge is 2.21. The van der Waals surface area contributed by atoms with E-state index in [9.17, 15) is 5.11 Å². The highest BCUT2D eigenvalue weighted by atomic mass is 79.9. The van der Waals surface area contributed by atoms with Crippen molar-refractivity contribution in [1.82, 2.24) is 0 Å². The molecule has 1 aromatic rings. The zero-order chi connectivity index (χ0) is 10.7. The Labute approximate surface area is 93.3 Å². The van der Waals surface area contributed by atoms with Crippen LogP contribution in [-0.2, 0) is 0 Å². The summed E-state index contributed by atoms with van der Waals surface area (Å²) in [4.78, 5) is 0. The number of aliphatic hydroxyl groups excluding tert-OH is 1. The van der Waals surface area contributed by atoms with Gasteiger partial charge in [-0.05, 0) is 17.5 Å². The van der Waals surface area contributed by atoms with Gasteiger partial charge in [0.25, 0.3) is 0 Å². The minimum absolute atomic E-state index is 0.228. The third-order valence-corrected chi connectivity index (χ3v) is 3.08. The summed E-state index contributed by atoms with van der Waals surface area (Å²) in [5.41, 5.74) is 6.75. The van der Waals surface area contributed by atoms with Crippen LogP contribution in [0.4, 0.5) is 0 Å². The molecule has 0 aliphatic heterocycles. The van der Waals surface area contributed by atoms with Gasteiger partial charge in [0.15, 0.2) is 0 Å². The molecule has 0 aliphatic carbocycles. The molecule has 0 fully saturated rings.